The Morgan fingerprint density at radius 1 is 1.05 bits per heavy atom. The summed E-state index contributed by atoms with van der Waals surface area (Å²) in [5.41, 5.74) is 2.17. The van der Waals surface area contributed by atoms with Gasteiger partial charge in [-0.05, 0) is 68.4 Å². The normalized spacial score (nSPS) is 37.0. The van der Waals surface area contributed by atoms with Crippen molar-refractivity contribution in [2.24, 2.45) is 11.8 Å². The predicted molar refractivity (Wildman–Crippen MR) is 81.8 cm³/mol. The molecule has 0 radical (unpaired) electrons. The van der Waals surface area contributed by atoms with E-state index >= 15 is 0 Å². The number of hydrogen-bond donors (Lipinski definition) is 2. The predicted octanol–water partition coefficient (Wildman–Crippen LogP) is 3.74. The van der Waals surface area contributed by atoms with Crippen LogP contribution < -0.4 is 5.32 Å². The molecule has 108 valence electrons. The second kappa shape index (κ2) is 4.77. The molecule has 2 N–H and O–H groups in total. The SMILES string of the molecule is OC1(C2CCc3ccccc3N2)CCCC(C2CC2)C1. The van der Waals surface area contributed by atoms with Gasteiger partial charge in [-0.2, -0.15) is 0 Å². The van der Waals surface area contributed by atoms with Crippen LogP contribution in [0, 0.1) is 11.8 Å². The van der Waals surface area contributed by atoms with Crippen LogP contribution in [0.4, 0.5) is 5.69 Å². The lowest BCUT2D eigenvalue weighted by Crippen LogP contribution is -2.51. The first kappa shape index (κ1) is 12.7. The molecule has 1 aromatic carbocycles. The van der Waals surface area contributed by atoms with Gasteiger partial charge in [-0.15, -0.1) is 0 Å². The van der Waals surface area contributed by atoms with E-state index in [0.29, 0.717) is 0 Å². The molecule has 4 rings (SSSR count). The van der Waals surface area contributed by atoms with Gasteiger partial charge in [0.2, 0.25) is 0 Å². The Kier molecular flexibility index (Phi) is 3.03. The number of rotatable bonds is 2. The third-order valence-corrected chi connectivity index (χ3v) is 5.79. The Labute approximate surface area is 121 Å². The summed E-state index contributed by atoms with van der Waals surface area (Å²) in [5.74, 6) is 1.71. The average Bonchev–Trinajstić information content (AvgIpc) is 3.31. The van der Waals surface area contributed by atoms with Crippen LogP contribution in [-0.2, 0) is 6.42 Å². The van der Waals surface area contributed by atoms with E-state index in [1.165, 1.54) is 36.9 Å². The van der Waals surface area contributed by atoms with Gasteiger partial charge in [0, 0.05) is 5.69 Å². The Bertz CT molecular complexity index is 496. The Morgan fingerprint density at radius 2 is 1.90 bits per heavy atom. The summed E-state index contributed by atoms with van der Waals surface area (Å²) >= 11 is 0. The quantitative estimate of drug-likeness (QED) is 0.858. The number of anilines is 1. The summed E-state index contributed by atoms with van der Waals surface area (Å²) < 4.78 is 0. The van der Waals surface area contributed by atoms with Crippen LogP contribution >= 0.6 is 0 Å². The maximum atomic E-state index is 11.2. The Morgan fingerprint density at radius 3 is 2.75 bits per heavy atom. The molecule has 3 aliphatic rings. The standard InChI is InChI=1S/C18H25NO/c20-18(11-3-5-15(12-18)13-7-8-13)17-10-9-14-4-1-2-6-16(14)19-17/h1-2,4,6,13,15,17,19-20H,3,5,7-12H2. The molecule has 0 amide bonds. The summed E-state index contributed by atoms with van der Waals surface area (Å²) in [6.07, 6.45) is 9.54. The molecule has 0 saturated heterocycles. The fourth-order valence-electron chi connectivity index (χ4n) is 4.46. The average molecular weight is 271 g/mol. The van der Waals surface area contributed by atoms with Crippen LogP contribution in [0.5, 0.6) is 0 Å². The molecule has 1 aromatic rings. The zero-order valence-electron chi connectivity index (χ0n) is 12.1. The minimum absolute atomic E-state index is 0.249. The summed E-state index contributed by atoms with van der Waals surface area (Å²) in [5, 5.41) is 14.8. The van der Waals surface area contributed by atoms with E-state index in [-0.39, 0.29) is 6.04 Å². The van der Waals surface area contributed by atoms with Gasteiger partial charge < -0.3 is 10.4 Å². The van der Waals surface area contributed by atoms with Crippen molar-refractivity contribution in [2.75, 3.05) is 5.32 Å². The molecule has 2 nitrogen and oxygen atoms in total. The molecule has 3 unspecified atom stereocenters. The number of benzene rings is 1. The lowest BCUT2D eigenvalue weighted by molar-refractivity contribution is -0.0380. The van der Waals surface area contributed by atoms with Gasteiger partial charge in [0.15, 0.2) is 0 Å². The van der Waals surface area contributed by atoms with E-state index in [4.69, 9.17) is 0 Å². The number of para-hydroxylation sites is 1. The summed E-state index contributed by atoms with van der Waals surface area (Å²) in [7, 11) is 0. The first-order valence-electron chi connectivity index (χ1n) is 8.31. The van der Waals surface area contributed by atoms with Crippen LogP contribution in [0.25, 0.3) is 0 Å². The third-order valence-electron chi connectivity index (χ3n) is 5.79. The molecule has 20 heavy (non-hydrogen) atoms. The van der Waals surface area contributed by atoms with E-state index in [1.807, 2.05) is 0 Å². The fourth-order valence-corrected chi connectivity index (χ4v) is 4.46. The maximum absolute atomic E-state index is 11.2. The van der Waals surface area contributed by atoms with Crippen molar-refractivity contribution in [2.45, 2.75) is 63.0 Å². The zero-order chi connectivity index (χ0) is 13.6. The van der Waals surface area contributed by atoms with Gasteiger partial charge in [-0.25, -0.2) is 0 Å². The van der Waals surface area contributed by atoms with Crippen LogP contribution in [0.3, 0.4) is 0 Å². The monoisotopic (exact) mass is 271 g/mol. The number of aryl methyl sites for hydroxylation is 1. The highest BCUT2D eigenvalue weighted by Crippen LogP contribution is 2.48. The number of aliphatic hydroxyl groups is 1. The molecule has 2 aliphatic carbocycles. The highest BCUT2D eigenvalue weighted by molar-refractivity contribution is 5.54. The van der Waals surface area contributed by atoms with Crippen LogP contribution in [-0.4, -0.2) is 16.7 Å². The molecule has 2 saturated carbocycles. The van der Waals surface area contributed by atoms with Crippen molar-refractivity contribution in [3.8, 4) is 0 Å². The highest BCUT2D eigenvalue weighted by Gasteiger charge is 2.45. The minimum atomic E-state index is -0.473. The molecule has 0 spiro atoms. The Hall–Kier alpha value is -1.02. The van der Waals surface area contributed by atoms with Crippen molar-refractivity contribution in [3.05, 3.63) is 29.8 Å². The first-order valence-corrected chi connectivity index (χ1v) is 8.31. The molecular formula is C18H25NO. The van der Waals surface area contributed by atoms with Gasteiger partial charge in [-0.3, -0.25) is 0 Å². The molecule has 0 aromatic heterocycles. The second-order valence-electron chi connectivity index (χ2n) is 7.19. The van der Waals surface area contributed by atoms with E-state index in [2.05, 4.69) is 29.6 Å². The van der Waals surface area contributed by atoms with Crippen molar-refractivity contribution in [1.82, 2.24) is 0 Å². The van der Waals surface area contributed by atoms with E-state index in [1.54, 1.807) is 0 Å². The van der Waals surface area contributed by atoms with Gasteiger partial charge in [0.25, 0.3) is 0 Å². The highest BCUT2D eigenvalue weighted by atomic mass is 16.3. The minimum Gasteiger partial charge on any atom is -0.388 e. The van der Waals surface area contributed by atoms with Gasteiger partial charge >= 0.3 is 0 Å². The molecule has 2 heteroatoms. The lowest BCUT2D eigenvalue weighted by atomic mass is 9.70. The van der Waals surface area contributed by atoms with Crippen molar-refractivity contribution < 1.29 is 5.11 Å². The fraction of sp³-hybridized carbons (Fsp3) is 0.667. The van der Waals surface area contributed by atoms with Gasteiger partial charge in [-0.1, -0.05) is 24.6 Å². The topological polar surface area (TPSA) is 32.3 Å². The van der Waals surface area contributed by atoms with Crippen molar-refractivity contribution in [1.29, 1.82) is 0 Å². The van der Waals surface area contributed by atoms with Gasteiger partial charge in [0.05, 0.1) is 11.6 Å². The number of nitrogens with one attached hydrogen (secondary N) is 1. The van der Waals surface area contributed by atoms with Crippen molar-refractivity contribution >= 4 is 5.69 Å². The largest absolute Gasteiger partial charge is 0.388 e. The molecule has 0 bridgehead atoms. The smallest absolute Gasteiger partial charge is 0.0850 e. The molecule has 1 heterocycles. The van der Waals surface area contributed by atoms with Crippen molar-refractivity contribution in [3.63, 3.8) is 0 Å². The maximum Gasteiger partial charge on any atom is 0.0850 e. The number of hydrogen-bond acceptors (Lipinski definition) is 2. The van der Waals surface area contributed by atoms with Crippen LogP contribution in [0.15, 0.2) is 24.3 Å². The molecule has 3 atom stereocenters. The zero-order valence-corrected chi connectivity index (χ0v) is 12.1. The summed E-state index contributed by atoms with van der Waals surface area (Å²) in [4.78, 5) is 0. The molecule has 2 fully saturated rings. The van der Waals surface area contributed by atoms with E-state index in [9.17, 15) is 5.11 Å². The Balaban J connectivity index is 1.52. The van der Waals surface area contributed by atoms with Crippen LogP contribution in [0.1, 0.15) is 50.5 Å². The molecular weight excluding hydrogens is 246 g/mol. The first-order chi connectivity index (χ1) is 9.74. The second-order valence-corrected chi connectivity index (χ2v) is 7.19. The molecule has 1 aliphatic heterocycles. The summed E-state index contributed by atoms with van der Waals surface area (Å²) in [6, 6.07) is 8.81. The lowest BCUT2D eigenvalue weighted by Gasteiger charge is -2.45. The van der Waals surface area contributed by atoms with Gasteiger partial charge in [0.1, 0.15) is 0 Å². The van der Waals surface area contributed by atoms with E-state index in [0.717, 1.165) is 37.5 Å². The third kappa shape index (κ3) is 2.24. The summed E-state index contributed by atoms with van der Waals surface area (Å²) in [6.45, 7) is 0. The number of fused-ring (bicyclic) bond motifs is 1. The van der Waals surface area contributed by atoms with E-state index < -0.39 is 5.60 Å². The van der Waals surface area contributed by atoms with Crippen LogP contribution in [0.2, 0.25) is 0 Å².